The van der Waals surface area contributed by atoms with E-state index in [-0.39, 0.29) is 29.6 Å². The van der Waals surface area contributed by atoms with Crippen LogP contribution in [0.5, 0.6) is 5.75 Å². The van der Waals surface area contributed by atoms with Crippen LogP contribution in [0.3, 0.4) is 0 Å². The highest BCUT2D eigenvalue weighted by atomic mass is 32.2. The minimum absolute atomic E-state index is 0.00749. The number of amides is 2. The number of urea groups is 1. The maximum absolute atomic E-state index is 13.3. The van der Waals surface area contributed by atoms with Gasteiger partial charge < -0.3 is 9.64 Å². The standard InChI is InChI=1S/C21H24N2O4S/c1-3-15-7-9-17(10-8-15)23-20-14-28(25,26)13-19(20)22(21(23)24)12-16-5-4-6-18(11-16)27-2/h4-11,19-20H,3,12-14H2,1-2H3. The second-order valence-electron chi connectivity index (χ2n) is 7.36. The van der Waals surface area contributed by atoms with Crippen LogP contribution in [-0.2, 0) is 22.8 Å². The molecule has 0 spiro atoms. The van der Waals surface area contributed by atoms with E-state index in [0.29, 0.717) is 12.3 Å². The predicted octanol–water partition coefficient (Wildman–Crippen LogP) is 2.87. The molecule has 2 saturated heterocycles. The number of fused-ring (bicyclic) bond motifs is 1. The number of anilines is 1. The van der Waals surface area contributed by atoms with Crippen molar-refractivity contribution in [2.45, 2.75) is 32.0 Å². The van der Waals surface area contributed by atoms with Crippen molar-refractivity contribution in [3.05, 3.63) is 59.7 Å². The summed E-state index contributed by atoms with van der Waals surface area (Å²) >= 11 is 0. The van der Waals surface area contributed by atoms with Crippen molar-refractivity contribution >= 4 is 21.6 Å². The predicted molar refractivity (Wildman–Crippen MR) is 108 cm³/mol. The quantitative estimate of drug-likeness (QED) is 0.724. The first-order valence-electron chi connectivity index (χ1n) is 9.44. The van der Waals surface area contributed by atoms with Crippen LogP contribution in [0, 0.1) is 0 Å². The van der Waals surface area contributed by atoms with Crippen molar-refractivity contribution in [3.63, 3.8) is 0 Å². The third-order valence-corrected chi connectivity index (χ3v) is 7.29. The lowest BCUT2D eigenvalue weighted by atomic mass is 10.1. The molecule has 2 aromatic rings. The lowest BCUT2D eigenvalue weighted by Gasteiger charge is -2.23. The van der Waals surface area contributed by atoms with Crippen molar-refractivity contribution in [1.82, 2.24) is 4.90 Å². The second-order valence-corrected chi connectivity index (χ2v) is 9.52. The number of carbonyl (C=O) groups is 1. The van der Waals surface area contributed by atoms with Gasteiger partial charge >= 0.3 is 6.03 Å². The highest BCUT2D eigenvalue weighted by molar-refractivity contribution is 7.91. The third-order valence-electron chi connectivity index (χ3n) is 5.59. The van der Waals surface area contributed by atoms with Crippen LogP contribution in [-0.4, -0.2) is 50.0 Å². The second kappa shape index (κ2) is 7.13. The van der Waals surface area contributed by atoms with Gasteiger partial charge in [-0.15, -0.1) is 0 Å². The Morgan fingerprint density at radius 1 is 1.04 bits per heavy atom. The molecular formula is C21H24N2O4S. The first-order valence-corrected chi connectivity index (χ1v) is 11.3. The number of hydrogen-bond donors (Lipinski definition) is 0. The maximum atomic E-state index is 13.3. The zero-order valence-electron chi connectivity index (χ0n) is 16.0. The van der Waals surface area contributed by atoms with Crippen molar-refractivity contribution in [3.8, 4) is 5.75 Å². The molecular weight excluding hydrogens is 376 g/mol. The number of rotatable bonds is 5. The summed E-state index contributed by atoms with van der Waals surface area (Å²) in [7, 11) is -1.58. The number of sulfone groups is 1. The van der Waals surface area contributed by atoms with E-state index in [2.05, 4.69) is 6.92 Å². The zero-order chi connectivity index (χ0) is 19.9. The van der Waals surface area contributed by atoms with Gasteiger partial charge in [0, 0.05) is 12.2 Å². The smallest absolute Gasteiger partial charge is 0.325 e. The van der Waals surface area contributed by atoms with E-state index in [1.54, 1.807) is 16.9 Å². The Bertz CT molecular complexity index is 988. The molecule has 7 heteroatoms. The minimum atomic E-state index is -3.18. The normalized spacial score (nSPS) is 23.1. The molecule has 0 N–H and O–H groups in total. The summed E-state index contributed by atoms with van der Waals surface area (Å²) in [6.45, 7) is 2.43. The topological polar surface area (TPSA) is 66.9 Å². The van der Waals surface area contributed by atoms with Gasteiger partial charge in [0.2, 0.25) is 0 Å². The van der Waals surface area contributed by atoms with Crippen LogP contribution in [0.25, 0.3) is 0 Å². The van der Waals surface area contributed by atoms with Crippen molar-refractivity contribution in [2.75, 3.05) is 23.5 Å². The first kappa shape index (κ1) is 18.8. The van der Waals surface area contributed by atoms with Gasteiger partial charge in [0.05, 0.1) is 30.7 Å². The molecule has 0 radical (unpaired) electrons. The van der Waals surface area contributed by atoms with Crippen LogP contribution in [0.15, 0.2) is 48.5 Å². The lowest BCUT2D eigenvalue weighted by Crippen LogP contribution is -2.37. The largest absolute Gasteiger partial charge is 0.497 e. The monoisotopic (exact) mass is 400 g/mol. The average molecular weight is 401 g/mol. The molecule has 0 aromatic heterocycles. The molecule has 2 heterocycles. The maximum Gasteiger partial charge on any atom is 0.325 e. The molecule has 6 nitrogen and oxygen atoms in total. The van der Waals surface area contributed by atoms with Crippen LogP contribution in [0.4, 0.5) is 10.5 Å². The van der Waals surface area contributed by atoms with Gasteiger partial charge in [-0.05, 0) is 41.8 Å². The molecule has 2 aliphatic heterocycles. The number of carbonyl (C=O) groups excluding carboxylic acids is 1. The number of hydrogen-bond acceptors (Lipinski definition) is 4. The van der Waals surface area contributed by atoms with Gasteiger partial charge in [-0.3, -0.25) is 4.90 Å². The van der Waals surface area contributed by atoms with E-state index in [1.165, 1.54) is 5.56 Å². The molecule has 0 bridgehead atoms. The van der Waals surface area contributed by atoms with E-state index >= 15 is 0 Å². The molecule has 28 heavy (non-hydrogen) atoms. The number of nitrogens with zero attached hydrogens (tertiary/aromatic N) is 2. The van der Waals surface area contributed by atoms with Gasteiger partial charge in [0.1, 0.15) is 5.75 Å². The molecule has 0 saturated carbocycles. The molecule has 2 atom stereocenters. The summed E-state index contributed by atoms with van der Waals surface area (Å²) in [4.78, 5) is 16.6. The summed E-state index contributed by atoms with van der Waals surface area (Å²) in [5.74, 6) is 0.733. The van der Waals surface area contributed by atoms with Crippen molar-refractivity contribution in [1.29, 1.82) is 0 Å². The summed E-state index contributed by atoms with van der Waals surface area (Å²) in [5, 5.41) is 0. The average Bonchev–Trinajstić information content (AvgIpc) is 3.12. The van der Waals surface area contributed by atoms with E-state index in [9.17, 15) is 13.2 Å². The lowest BCUT2D eigenvalue weighted by molar-refractivity contribution is 0.206. The first-order chi connectivity index (χ1) is 13.4. The molecule has 4 rings (SSSR count). The van der Waals surface area contributed by atoms with Gasteiger partial charge in [0.25, 0.3) is 0 Å². The molecule has 2 unspecified atom stereocenters. The Balaban J connectivity index is 1.67. The van der Waals surface area contributed by atoms with Crippen molar-refractivity contribution < 1.29 is 17.9 Å². The molecule has 2 aromatic carbocycles. The van der Waals surface area contributed by atoms with Crippen LogP contribution in [0.1, 0.15) is 18.1 Å². The Hall–Kier alpha value is -2.54. The molecule has 2 fully saturated rings. The summed E-state index contributed by atoms with van der Waals surface area (Å²) < 4.78 is 30.0. The van der Waals surface area contributed by atoms with Gasteiger partial charge in [-0.25, -0.2) is 13.2 Å². The Morgan fingerprint density at radius 3 is 2.43 bits per heavy atom. The Labute approximate surface area is 165 Å². The minimum Gasteiger partial charge on any atom is -0.497 e. The van der Waals surface area contributed by atoms with E-state index in [4.69, 9.17) is 4.74 Å². The van der Waals surface area contributed by atoms with Crippen LogP contribution in [0.2, 0.25) is 0 Å². The van der Waals surface area contributed by atoms with Gasteiger partial charge in [-0.2, -0.15) is 0 Å². The summed E-state index contributed by atoms with van der Waals surface area (Å²) in [5.41, 5.74) is 2.85. The molecule has 2 amide bonds. The van der Waals surface area contributed by atoms with Gasteiger partial charge in [-0.1, -0.05) is 31.2 Å². The third kappa shape index (κ3) is 3.35. The number of ether oxygens (including phenoxy) is 1. The molecule has 0 aliphatic carbocycles. The van der Waals surface area contributed by atoms with E-state index in [1.807, 2.05) is 48.5 Å². The highest BCUT2D eigenvalue weighted by Gasteiger charge is 2.53. The van der Waals surface area contributed by atoms with Crippen LogP contribution < -0.4 is 9.64 Å². The summed E-state index contributed by atoms with van der Waals surface area (Å²) in [6, 6.07) is 14.5. The zero-order valence-corrected chi connectivity index (χ0v) is 16.9. The highest BCUT2D eigenvalue weighted by Crippen LogP contribution is 2.36. The number of aryl methyl sites for hydroxylation is 1. The SMILES string of the molecule is CCc1ccc(N2C(=O)N(Cc3cccc(OC)c3)C3CS(=O)(=O)CC32)cc1. The fourth-order valence-electron chi connectivity index (χ4n) is 4.12. The molecule has 2 aliphatic rings. The van der Waals surface area contributed by atoms with Crippen molar-refractivity contribution in [2.24, 2.45) is 0 Å². The summed E-state index contributed by atoms with van der Waals surface area (Å²) in [6.07, 6.45) is 0.913. The number of methoxy groups -OCH3 is 1. The molecule has 148 valence electrons. The number of benzene rings is 2. The fraction of sp³-hybridized carbons (Fsp3) is 0.381. The Morgan fingerprint density at radius 2 is 1.75 bits per heavy atom. The van der Waals surface area contributed by atoms with Crippen LogP contribution >= 0.6 is 0 Å². The Kier molecular flexibility index (Phi) is 4.79. The van der Waals surface area contributed by atoms with E-state index in [0.717, 1.165) is 17.7 Å². The fourth-order valence-corrected chi connectivity index (χ4v) is 6.07. The van der Waals surface area contributed by atoms with E-state index < -0.39 is 9.84 Å². The van der Waals surface area contributed by atoms with Gasteiger partial charge in [0.15, 0.2) is 9.84 Å².